The molecule has 0 radical (unpaired) electrons. The normalized spacial score (nSPS) is 26.7. The van der Waals surface area contributed by atoms with Gasteiger partial charge in [0.05, 0.1) is 0 Å². The Bertz CT molecular complexity index is 287. The van der Waals surface area contributed by atoms with Crippen LogP contribution in [0, 0.1) is 0 Å². The molecule has 2 aliphatic heterocycles. The van der Waals surface area contributed by atoms with E-state index in [0.717, 1.165) is 19.4 Å². The molecule has 0 aliphatic carbocycles. The van der Waals surface area contributed by atoms with Crippen molar-refractivity contribution in [3.8, 4) is 0 Å². The van der Waals surface area contributed by atoms with Crippen LogP contribution in [0.5, 0.6) is 0 Å². The molecule has 0 aromatic carbocycles. The number of carbonyl (C=O) groups excluding carboxylic acids is 2. The van der Waals surface area contributed by atoms with Crippen LogP contribution in [0.2, 0.25) is 0 Å². The van der Waals surface area contributed by atoms with Crippen molar-refractivity contribution in [3.05, 3.63) is 0 Å². The maximum atomic E-state index is 11.6. The molecule has 1 unspecified atom stereocenters. The number of imide groups is 1. The lowest BCUT2D eigenvalue weighted by molar-refractivity contribution is -0.125. The third-order valence-corrected chi connectivity index (χ3v) is 3.34. The van der Waals surface area contributed by atoms with Crippen molar-refractivity contribution in [2.75, 3.05) is 26.7 Å². The largest absolute Gasteiger partial charge is 0.326 e. The molecular weight excluding hydrogens is 206 g/mol. The maximum Gasteiger partial charge on any atom is 0.326 e. The molecule has 2 fully saturated rings. The molecule has 16 heavy (non-hydrogen) atoms. The number of carbonyl (C=O) groups is 2. The van der Waals surface area contributed by atoms with Crippen LogP contribution in [-0.4, -0.2) is 54.5 Å². The lowest BCUT2D eigenvalue weighted by Gasteiger charge is -2.25. The van der Waals surface area contributed by atoms with Gasteiger partial charge in [-0.25, -0.2) is 4.79 Å². The predicted octanol–water partition coefficient (Wildman–Crippen LogP) is 0.413. The first-order chi connectivity index (χ1) is 7.68. The third-order valence-electron chi connectivity index (χ3n) is 3.34. The zero-order valence-electron chi connectivity index (χ0n) is 9.74. The molecular formula is C11H19N3O2. The topological polar surface area (TPSA) is 52.7 Å². The maximum absolute atomic E-state index is 11.6. The fourth-order valence-corrected chi connectivity index (χ4v) is 2.34. The molecule has 2 heterocycles. The molecule has 1 N–H and O–H groups in total. The zero-order chi connectivity index (χ0) is 11.5. The van der Waals surface area contributed by atoms with E-state index in [-0.39, 0.29) is 18.5 Å². The van der Waals surface area contributed by atoms with E-state index in [0.29, 0.717) is 12.6 Å². The summed E-state index contributed by atoms with van der Waals surface area (Å²) in [5, 5.41) is 3.42. The van der Waals surface area contributed by atoms with Gasteiger partial charge >= 0.3 is 6.03 Å². The second-order valence-corrected chi connectivity index (χ2v) is 4.62. The first-order valence-corrected chi connectivity index (χ1v) is 5.97. The van der Waals surface area contributed by atoms with Crippen LogP contribution in [-0.2, 0) is 4.79 Å². The van der Waals surface area contributed by atoms with Crippen molar-refractivity contribution in [1.29, 1.82) is 0 Å². The number of nitrogens with one attached hydrogen (secondary N) is 1. The lowest BCUT2D eigenvalue weighted by Crippen LogP contribution is -2.39. The summed E-state index contributed by atoms with van der Waals surface area (Å²) in [7, 11) is 1.67. The van der Waals surface area contributed by atoms with Gasteiger partial charge in [0.15, 0.2) is 0 Å². The van der Waals surface area contributed by atoms with E-state index in [4.69, 9.17) is 0 Å². The minimum atomic E-state index is -0.152. The van der Waals surface area contributed by atoms with Gasteiger partial charge in [-0.1, -0.05) is 6.42 Å². The Morgan fingerprint density at radius 1 is 1.38 bits per heavy atom. The summed E-state index contributed by atoms with van der Waals surface area (Å²) in [6.07, 6.45) is 4.53. The van der Waals surface area contributed by atoms with E-state index in [2.05, 4.69) is 5.32 Å². The molecule has 0 saturated carbocycles. The standard InChI is InChI=1S/C11H19N3O2/c1-13-8-10(15)14(11(13)16)7-5-9-4-2-3-6-12-9/h9,12H,2-8H2,1H3. The van der Waals surface area contributed by atoms with Crippen LogP contribution in [0.1, 0.15) is 25.7 Å². The van der Waals surface area contributed by atoms with Crippen molar-refractivity contribution < 1.29 is 9.59 Å². The fraction of sp³-hybridized carbons (Fsp3) is 0.818. The number of likely N-dealkylation sites (N-methyl/N-ethyl adjacent to an activating group) is 1. The van der Waals surface area contributed by atoms with E-state index >= 15 is 0 Å². The Morgan fingerprint density at radius 3 is 2.75 bits per heavy atom. The van der Waals surface area contributed by atoms with Crippen molar-refractivity contribution in [3.63, 3.8) is 0 Å². The molecule has 3 amide bonds. The van der Waals surface area contributed by atoms with Crippen LogP contribution < -0.4 is 5.32 Å². The van der Waals surface area contributed by atoms with Gasteiger partial charge in [-0.15, -0.1) is 0 Å². The average molecular weight is 225 g/mol. The van der Waals surface area contributed by atoms with Gasteiger partial charge < -0.3 is 10.2 Å². The number of piperidine rings is 1. The highest BCUT2D eigenvalue weighted by atomic mass is 16.2. The monoisotopic (exact) mass is 225 g/mol. The number of nitrogens with zero attached hydrogens (tertiary/aromatic N) is 2. The molecule has 0 aromatic heterocycles. The van der Waals surface area contributed by atoms with Crippen LogP contribution in [0.4, 0.5) is 4.79 Å². The van der Waals surface area contributed by atoms with E-state index in [9.17, 15) is 9.59 Å². The summed E-state index contributed by atoms with van der Waals surface area (Å²) in [6.45, 7) is 1.85. The number of hydrogen-bond donors (Lipinski definition) is 1. The zero-order valence-corrected chi connectivity index (χ0v) is 9.74. The quantitative estimate of drug-likeness (QED) is 0.708. The molecule has 5 heteroatoms. The first kappa shape index (κ1) is 11.4. The van der Waals surface area contributed by atoms with Crippen molar-refractivity contribution >= 4 is 11.9 Å². The Morgan fingerprint density at radius 2 is 2.19 bits per heavy atom. The van der Waals surface area contributed by atoms with Crippen molar-refractivity contribution in [2.45, 2.75) is 31.7 Å². The van der Waals surface area contributed by atoms with Gasteiger partial charge in [0.25, 0.3) is 0 Å². The Balaban J connectivity index is 1.80. The molecule has 5 nitrogen and oxygen atoms in total. The summed E-state index contributed by atoms with van der Waals surface area (Å²) in [5.41, 5.74) is 0. The molecule has 0 aromatic rings. The SMILES string of the molecule is CN1CC(=O)N(CCC2CCCCN2)C1=O. The predicted molar refractivity (Wildman–Crippen MR) is 60.0 cm³/mol. The van der Waals surface area contributed by atoms with Gasteiger partial charge in [-0.05, 0) is 25.8 Å². The molecule has 2 rings (SSSR count). The van der Waals surface area contributed by atoms with E-state index in [1.165, 1.54) is 22.6 Å². The summed E-state index contributed by atoms with van der Waals surface area (Å²) in [5.74, 6) is -0.0664. The van der Waals surface area contributed by atoms with Crippen LogP contribution >= 0.6 is 0 Å². The molecule has 2 aliphatic rings. The highest BCUT2D eigenvalue weighted by molar-refractivity contribution is 6.01. The number of urea groups is 1. The van der Waals surface area contributed by atoms with Crippen LogP contribution in [0.3, 0.4) is 0 Å². The molecule has 0 spiro atoms. The van der Waals surface area contributed by atoms with E-state index < -0.39 is 0 Å². The van der Waals surface area contributed by atoms with Gasteiger partial charge in [-0.2, -0.15) is 0 Å². The lowest BCUT2D eigenvalue weighted by atomic mass is 10.0. The Labute approximate surface area is 95.8 Å². The van der Waals surface area contributed by atoms with E-state index in [1.807, 2.05) is 0 Å². The van der Waals surface area contributed by atoms with Gasteiger partial charge in [0.2, 0.25) is 5.91 Å². The second kappa shape index (κ2) is 4.82. The fourth-order valence-electron chi connectivity index (χ4n) is 2.34. The Hall–Kier alpha value is -1.10. The van der Waals surface area contributed by atoms with Gasteiger partial charge in [0.1, 0.15) is 6.54 Å². The summed E-state index contributed by atoms with van der Waals surface area (Å²) >= 11 is 0. The van der Waals surface area contributed by atoms with Crippen LogP contribution in [0.25, 0.3) is 0 Å². The minimum Gasteiger partial charge on any atom is -0.318 e. The van der Waals surface area contributed by atoms with E-state index in [1.54, 1.807) is 7.05 Å². The van der Waals surface area contributed by atoms with Gasteiger partial charge in [-0.3, -0.25) is 9.69 Å². The van der Waals surface area contributed by atoms with Crippen molar-refractivity contribution in [1.82, 2.24) is 15.1 Å². The Kier molecular flexibility index (Phi) is 3.43. The number of hydrogen-bond acceptors (Lipinski definition) is 3. The molecule has 2 saturated heterocycles. The first-order valence-electron chi connectivity index (χ1n) is 5.97. The average Bonchev–Trinajstić information content (AvgIpc) is 2.53. The second-order valence-electron chi connectivity index (χ2n) is 4.62. The molecule has 0 bridgehead atoms. The highest BCUT2D eigenvalue weighted by Crippen LogP contribution is 2.13. The number of rotatable bonds is 3. The van der Waals surface area contributed by atoms with Crippen molar-refractivity contribution in [2.24, 2.45) is 0 Å². The summed E-state index contributed by atoms with van der Waals surface area (Å²) in [4.78, 5) is 26.0. The molecule has 90 valence electrons. The van der Waals surface area contributed by atoms with Gasteiger partial charge in [0, 0.05) is 19.6 Å². The highest BCUT2D eigenvalue weighted by Gasteiger charge is 2.33. The minimum absolute atomic E-state index is 0.0664. The number of amides is 3. The smallest absolute Gasteiger partial charge is 0.318 e. The van der Waals surface area contributed by atoms with Crippen LogP contribution in [0.15, 0.2) is 0 Å². The summed E-state index contributed by atoms with van der Waals surface area (Å²) in [6, 6.07) is 0.320. The summed E-state index contributed by atoms with van der Waals surface area (Å²) < 4.78 is 0. The molecule has 1 atom stereocenters. The third kappa shape index (κ3) is 2.35.